The molecule has 42 heavy (non-hydrogen) atoms. The van der Waals surface area contributed by atoms with E-state index in [0.29, 0.717) is 10.7 Å². The highest BCUT2D eigenvalue weighted by molar-refractivity contribution is 6.31. The van der Waals surface area contributed by atoms with Crippen LogP contribution in [0.25, 0.3) is 0 Å². The Balaban J connectivity index is 1.80. The number of nitrogens with one attached hydrogen (secondary N) is 3. The van der Waals surface area contributed by atoms with Gasteiger partial charge in [0, 0.05) is 36.6 Å². The minimum absolute atomic E-state index is 0.0156. The summed E-state index contributed by atoms with van der Waals surface area (Å²) in [5, 5.41) is 17.7. The lowest BCUT2D eigenvalue weighted by Crippen LogP contribution is -2.56. The second-order valence-electron chi connectivity index (χ2n) is 11.1. The largest absolute Gasteiger partial charge is 0.481 e. The van der Waals surface area contributed by atoms with Crippen LogP contribution in [0.3, 0.4) is 0 Å². The van der Waals surface area contributed by atoms with E-state index in [1.54, 1.807) is 45.9 Å². The number of hydrogen-bond acceptors (Lipinski definition) is 6. The van der Waals surface area contributed by atoms with Crippen LogP contribution in [-0.4, -0.2) is 64.0 Å². The molecule has 2 atom stereocenters. The summed E-state index contributed by atoms with van der Waals surface area (Å²) in [5.74, 6) is -2.70. The highest BCUT2D eigenvalue weighted by Gasteiger charge is 2.36. The average Bonchev–Trinajstić information content (AvgIpc) is 2.91. The zero-order chi connectivity index (χ0) is 31.0. The molecule has 1 heterocycles. The molecule has 1 aliphatic rings. The smallest absolute Gasteiger partial charge is 0.407 e. The van der Waals surface area contributed by atoms with Gasteiger partial charge in [-0.05, 0) is 69.0 Å². The summed E-state index contributed by atoms with van der Waals surface area (Å²) in [6.07, 6.45) is -1.07. The number of anilines is 1. The first-order valence-electron chi connectivity index (χ1n) is 13.7. The fraction of sp³-hybridized carbons (Fsp3) is 0.433. The van der Waals surface area contributed by atoms with E-state index in [2.05, 4.69) is 16.0 Å². The molecule has 2 aromatic carbocycles. The number of benzene rings is 2. The van der Waals surface area contributed by atoms with Crippen molar-refractivity contribution >= 4 is 47.1 Å². The molecule has 0 fully saturated rings. The van der Waals surface area contributed by atoms with E-state index in [-0.39, 0.29) is 38.8 Å². The third-order valence-electron chi connectivity index (χ3n) is 6.58. The highest BCUT2D eigenvalue weighted by atomic mass is 35.5. The Morgan fingerprint density at radius 2 is 1.76 bits per heavy atom. The predicted octanol–water partition coefficient (Wildman–Crippen LogP) is 3.80. The number of nitrogens with zero attached hydrogens (tertiary/aromatic N) is 1. The molecule has 1 unspecified atom stereocenters. The van der Waals surface area contributed by atoms with E-state index in [9.17, 15) is 24.0 Å². The Bertz CT molecular complexity index is 1340. The predicted molar refractivity (Wildman–Crippen MR) is 157 cm³/mol. The Morgan fingerprint density at radius 1 is 1.07 bits per heavy atom. The van der Waals surface area contributed by atoms with Gasteiger partial charge in [0.05, 0.1) is 6.42 Å². The molecule has 226 valence electrons. The number of carbonyl (C=O) groups is 5. The number of aliphatic carboxylic acids is 1. The molecule has 4 N–H and O–H groups in total. The first-order valence-corrected chi connectivity index (χ1v) is 14.0. The van der Waals surface area contributed by atoms with Crippen molar-refractivity contribution in [1.82, 2.24) is 15.5 Å². The van der Waals surface area contributed by atoms with Crippen molar-refractivity contribution in [1.29, 1.82) is 0 Å². The Morgan fingerprint density at radius 3 is 2.40 bits per heavy atom. The standard InChI is InChI=1S/C30H37ClN4O7/c1-18-15-21(9-10-22(18)31)33-27(39)23(13-14-32-29(41)42-30(2,3)4)34-28(40)24-16-19-7-5-6-8-20(19)17-35(24)25(36)11-12-26(37)38/h5-10,15,23-24H,11-14,16-17H2,1-4H3,(H,32,41)(H,33,39)(H,34,40)(H,37,38)/t23?,24-/m0/s1. The third-order valence-corrected chi connectivity index (χ3v) is 7.01. The number of carboxylic acid groups (broad SMARTS) is 1. The number of fused-ring (bicyclic) bond motifs is 1. The van der Waals surface area contributed by atoms with Gasteiger partial charge in [-0.3, -0.25) is 19.2 Å². The SMILES string of the molecule is Cc1cc(NC(=O)C(CCNC(=O)OC(C)(C)C)NC(=O)[C@@H]2Cc3ccccc3CN2C(=O)CCC(=O)O)ccc1Cl. The fourth-order valence-electron chi connectivity index (χ4n) is 4.50. The van der Waals surface area contributed by atoms with Crippen molar-refractivity contribution < 1.29 is 33.8 Å². The number of carboxylic acids is 1. The van der Waals surface area contributed by atoms with Gasteiger partial charge < -0.3 is 30.7 Å². The topological polar surface area (TPSA) is 154 Å². The molecule has 11 nitrogen and oxygen atoms in total. The maximum Gasteiger partial charge on any atom is 0.407 e. The zero-order valence-corrected chi connectivity index (χ0v) is 24.9. The van der Waals surface area contributed by atoms with Gasteiger partial charge in [0.1, 0.15) is 17.7 Å². The third kappa shape index (κ3) is 9.47. The lowest BCUT2D eigenvalue weighted by molar-refractivity contribution is -0.145. The summed E-state index contributed by atoms with van der Waals surface area (Å²) < 4.78 is 5.25. The Hall–Kier alpha value is -4.12. The van der Waals surface area contributed by atoms with E-state index in [0.717, 1.165) is 16.7 Å². The number of alkyl carbamates (subject to hydrolysis) is 1. The van der Waals surface area contributed by atoms with Crippen LogP contribution in [0.15, 0.2) is 42.5 Å². The minimum atomic E-state index is -1.12. The van der Waals surface area contributed by atoms with Crippen LogP contribution in [0.4, 0.5) is 10.5 Å². The van der Waals surface area contributed by atoms with Crippen molar-refractivity contribution in [2.24, 2.45) is 0 Å². The van der Waals surface area contributed by atoms with Gasteiger partial charge in [-0.1, -0.05) is 35.9 Å². The number of aryl methyl sites for hydroxylation is 1. The van der Waals surface area contributed by atoms with Crippen molar-refractivity contribution in [3.8, 4) is 0 Å². The van der Waals surface area contributed by atoms with Gasteiger partial charge in [0.15, 0.2) is 0 Å². The summed E-state index contributed by atoms with van der Waals surface area (Å²) in [5.41, 5.74) is 2.25. The lowest BCUT2D eigenvalue weighted by Gasteiger charge is -2.36. The fourth-order valence-corrected chi connectivity index (χ4v) is 4.62. The zero-order valence-electron chi connectivity index (χ0n) is 24.2. The minimum Gasteiger partial charge on any atom is -0.481 e. The molecule has 4 amide bonds. The molecule has 0 spiro atoms. The molecule has 0 saturated heterocycles. The van der Waals surface area contributed by atoms with Gasteiger partial charge in [0.25, 0.3) is 0 Å². The molecule has 2 aromatic rings. The second kappa shape index (κ2) is 14.2. The van der Waals surface area contributed by atoms with Crippen LogP contribution in [0.5, 0.6) is 0 Å². The molecule has 0 bridgehead atoms. The first kappa shape index (κ1) is 32.4. The van der Waals surface area contributed by atoms with Crippen LogP contribution < -0.4 is 16.0 Å². The summed E-state index contributed by atoms with van der Waals surface area (Å²) in [4.78, 5) is 64.7. The average molecular weight is 601 g/mol. The number of rotatable bonds is 10. The quantitative estimate of drug-likeness (QED) is 0.323. The van der Waals surface area contributed by atoms with Crippen molar-refractivity contribution in [2.75, 3.05) is 11.9 Å². The van der Waals surface area contributed by atoms with Crippen LogP contribution in [0.1, 0.15) is 56.7 Å². The summed E-state index contributed by atoms with van der Waals surface area (Å²) in [6, 6.07) is 10.3. The van der Waals surface area contributed by atoms with Gasteiger partial charge in [-0.15, -0.1) is 0 Å². The van der Waals surface area contributed by atoms with Gasteiger partial charge >= 0.3 is 12.1 Å². The van der Waals surface area contributed by atoms with Gasteiger partial charge in [-0.25, -0.2) is 4.79 Å². The first-order chi connectivity index (χ1) is 19.7. The van der Waals surface area contributed by atoms with Crippen molar-refractivity contribution in [3.63, 3.8) is 0 Å². The molecule has 0 saturated carbocycles. The van der Waals surface area contributed by atoms with Crippen LogP contribution in [0.2, 0.25) is 5.02 Å². The van der Waals surface area contributed by atoms with Crippen LogP contribution in [-0.2, 0) is 36.9 Å². The molecular weight excluding hydrogens is 564 g/mol. The Labute approximate surface area is 249 Å². The molecule has 1 aliphatic heterocycles. The molecule has 0 aromatic heterocycles. The number of carbonyl (C=O) groups excluding carboxylic acids is 4. The number of amides is 4. The van der Waals surface area contributed by atoms with E-state index < -0.39 is 47.5 Å². The van der Waals surface area contributed by atoms with Crippen LogP contribution >= 0.6 is 11.6 Å². The molecule has 3 rings (SSSR count). The van der Waals surface area contributed by atoms with Crippen LogP contribution in [0, 0.1) is 6.92 Å². The van der Waals surface area contributed by atoms with Gasteiger partial charge in [-0.2, -0.15) is 0 Å². The van der Waals surface area contributed by atoms with Gasteiger partial charge in [0.2, 0.25) is 17.7 Å². The van der Waals surface area contributed by atoms with E-state index >= 15 is 0 Å². The molecule has 12 heteroatoms. The lowest BCUT2D eigenvalue weighted by atomic mass is 9.92. The monoisotopic (exact) mass is 600 g/mol. The maximum atomic E-state index is 13.7. The number of ether oxygens (including phenoxy) is 1. The Kier molecular flexibility index (Phi) is 10.9. The van der Waals surface area contributed by atoms with E-state index in [1.165, 1.54) is 4.90 Å². The van der Waals surface area contributed by atoms with E-state index in [1.807, 2.05) is 24.3 Å². The summed E-state index contributed by atoms with van der Waals surface area (Å²) in [6.45, 7) is 7.11. The highest BCUT2D eigenvalue weighted by Crippen LogP contribution is 2.25. The number of hydrogen-bond donors (Lipinski definition) is 4. The molecule has 0 aliphatic carbocycles. The second-order valence-corrected chi connectivity index (χ2v) is 11.5. The normalized spacial score (nSPS) is 15.2. The summed E-state index contributed by atoms with van der Waals surface area (Å²) >= 11 is 6.11. The summed E-state index contributed by atoms with van der Waals surface area (Å²) in [7, 11) is 0. The molecular formula is C30H37ClN4O7. The number of halogens is 1. The van der Waals surface area contributed by atoms with Crippen molar-refractivity contribution in [2.45, 2.75) is 77.6 Å². The van der Waals surface area contributed by atoms with E-state index in [4.69, 9.17) is 21.4 Å². The molecule has 0 radical (unpaired) electrons. The maximum absolute atomic E-state index is 13.7. The van der Waals surface area contributed by atoms with Crippen molar-refractivity contribution in [3.05, 3.63) is 64.2 Å².